The first kappa shape index (κ1) is 20.7. The zero-order valence-electron chi connectivity index (χ0n) is 16.0. The molecule has 4 aromatic rings. The molecule has 10 heteroatoms. The number of ether oxygens (including phenoxy) is 1. The highest BCUT2D eigenvalue weighted by molar-refractivity contribution is 14.1. The summed E-state index contributed by atoms with van der Waals surface area (Å²) in [5.41, 5.74) is 2.38. The van der Waals surface area contributed by atoms with Gasteiger partial charge in [0.1, 0.15) is 15.8 Å². The van der Waals surface area contributed by atoms with Crippen LogP contribution in [0.1, 0.15) is 17.2 Å². The van der Waals surface area contributed by atoms with Crippen molar-refractivity contribution in [2.24, 2.45) is 0 Å². The van der Waals surface area contributed by atoms with Crippen molar-refractivity contribution in [1.82, 2.24) is 19.5 Å². The third-order valence-electron chi connectivity index (χ3n) is 4.37. The molecule has 0 bridgehead atoms. The molecule has 0 radical (unpaired) electrons. The Bertz CT molecular complexity index is 1190. The van der Waals surface area contributed by atoms with Crippen LogP contribution in [0.3, 0.4) is 0 Å². The van der Waals surface area contributed by atoms with Crippen molar-refractivity contribution in [3.8, 4) is 0 Å². The fourth-order valence-corrected chi connectivity index (χ4v) is 3.65. The van der Waals surface area contributed by atoms with Crippen LogP contribution in [0.15, 0.2) is 67.0 Å². The van der Waals surface area contributed by atoms with Crippen LogP contribution in [0.2, 0.25) is 0 Å². The number of carbonyl (C=O) groups excluding carboxylic acids is 1. The van der Waals surface area contributed by atoms with Crippen LogP contribution in [0.5, 0.6) is 0 Å². The van der Waals surface area contributed by atoms with Gasteiger partial charge in [0.2, 0.25) is 5.95 Å². The second-order valence-corrected chi connectivity index (χ2v) is 7.53. The molecule has 9 nitrogen and oxygen atoms in total. The molecule has 0 unspecified atom stereocenters. The normalized spacial score (nSPS) is 10.9. The molecule has 2 aromatic heterocycles. The summed E-state index contributed by atoms with van der Waals surface area (Å²) in [5.74, 6) is -1.04. The fourth-order valence-electron chi connectivity index (χ4n) is 3.04. The smallest absolute Gasteiger partial charge is 0.414 e. The van der Waals surface area contributed by atoms with E-state index in [-0.39, 0.29) is 12.5 Å². The first-order chi connectivity index (χ1) is 15.0. The molecule has 0 aliphatic carbocycles. The summed E-state index contributed by atoms with van der Waals surface area (Å²) in [4.78, 5) is 36.4. The van der Waals surface area contributed by atoms with E-state index in [2.05, 4.69) is 20.3 Å². The van der Waals surface area contributed by atoms with Crippen molar-refractivity contribution in [3.05, 3.63) is 81.8 Å². The van der Waals surface area contributed by atoms with Gasteiger partial charge in [0.25, 0.3) is 0 Å². The van der Waals surface area contributed by atoms with Crippen LogP contribution in [-0.4, -0.2) is 36.7 Å². The Labute approximate surface area is 190 Å². The Morgan fingerprint density at radius 3 is 2.23 bits per heavy atom. The standard InChI is InChI=1S/C21H16IN5O4/c22-18-16-19(27(12-23-16)11-15(28)29)25-20(24-18)26-21(30)31-17(13-7-3-1-4-8-13)14-9-5-2-6-10-14/h1-10,12,17H,11H2,(H,28,29)(H,24,25,26,30). The summed E-state index contributed by atoms with van der Waals surface area (Å²) in [7, 11) is 0. The van der Waals surface area contributed by atoms with E-state index in [0.29, 0.717) is 14.9 Å². The molecule has 1 amide bonds. The van der Waals surface area contributed by atoms with Crippen LogP contribution >= 0.6 is 22.6 Å². The number of fused-ring (bicyclic) bond motifs is 1. The molecule has 0 saturated carbocycles. The maximum Gasteiger partial charge on any atom is 0.414 e. The monoisotopic (exact) mass is 529 g/mol. The number of aromatic nitrogens is 4. The average molecular weight is 529 g/mol. The summed E-state index contributed by atoms with van der Waals surface area (Å²) in [6.45, 7) is -0.308. The fraction of sp³-hybridized carbons (Fsp3) is 0.0952. The molecule has 0 atom stereocenters. The minimum Gasteiger partial charge on any atom is -0.480 e. The van der Waals surface area contributed by atoms with Crippen LogP contribution in [0.4, 0.5) is 10.7 Å². The third kappa shape index (κ3) is 4.79. The number of nitrogens with zero attached hydrogens (tertiary/aromatic N) is 4. The molecular weight excluding hydrogens is 513 g/mol. The average Bonchev–Trinajstić information content (AvgIpc) is 3.16. The highest BCUT2D eigenvalue weighted by atomic mass is 127. The van der Waals surface area contributed by atoms with Crippen LogP contribution in [-0.2, 0) is 16.1 Å². The largest absolute Gasteiger partial charge is 0.480 e. The number of halogens is 1. The van der Waals surface area contributed by atoms with E-state index >= 15 is 0 Å². The van der Waals surface area contributed by atoms with Crippen LogP contribution in [0, 0.1) is 3.70 Å². The quantitative estimate of drug-likeness (QED) is 0.288. The van der Waals surface area contributed by atoms with Gasteiger partial charge >= 0.3 is 12.1 Å². The molecule has 0 spiro atoms. The molecule has 2 N–H and O–H groups in total. The lowest BCUT2D eigenvalue weighted by Gasteiger charge is -2.19. The Morgan fingerprint density at radius 1 is 1.03 bits per heavy atom. The maximum absolute atomic E-state index is 12.7. The van der Waals surface area contributed by atoms with Crippen molar-refractivity contribution >= 4 is 51.8 Å². The van der Waals surface area contributed by atoms with Crippen molar-refractivity contribution in [2.75, 3.05) is 5.32 Å². The molecular formula is C21H16IN5O4. The third-order valence-corrected chi connectivity index (χ3v) is 5.12. The van der Waals surface area contributed by atoms with E-state index in [4.69, 9.17) is 9.84 Å². The number of nitrogens with one attached hydrogen (secondary N) is 1. The SMILES string of the molecule is O=C(O)Cn1cnc2c(I)nc(NC(=O)OC(c3ccccc3)c3ccccc3)nc21. The number of carbonyl (C=O) groups is 2. The van der Waals surface area contributed by atoms with E-state index in [1.165, 1.54) is 10.9 Å². The van der Waals surface area contributed by atoms with Gasteiger partial charge in [0.15, 0.2) is 11.8 Å². The minimum atomic E-state index is -1.03. The first-order valence-corrected chi connectivity index (χ1v) is 10.3. The Kier molecular flexibility index (Phi) is 6.07. The molecule has 4 rings (SSSR count). The first-order valence-electron chi connectivity index (χ1n) is 9.19. The molecule has 2 aromatic carbocycles. The van der Waals surface area contributed by atoms with E-state index in [9.17, 15) is 9.59 Å². The summed E-state index contributed by atoms with van der Waals surface area (Å²) < 4.78 is 7.55. The lowest BCUT2D eigenvalue weighted by Crippen LogP contribution is -2.20. The van der Waals surface area contributed by atoms with Gasteiger partial charge in [-0.25, -0.2) is 14.8 Å². The molecule has 0 aliphatic heterocycles. The van der Waals surface area contributed by atoms with Gasteiger partial charge in [0.05, 0.1) is 6.33 Å². The highest BCUT2D eigenvalue weighted by Crippen LogP contribution is 2.26. The van der Waals surface area contributed by atoms with Gasteiger partial charge < -0.3 is 14.4 Å². The number of benzene rings is 2. The lowest BCUT2D eigenvalue weighted by molar-refractivity contribution is -0.137. The van der Waals surface area contributed by atoms with E-state index in [1.54, 1.807) is 0 Å². The van der Waals surface area contributed by atoms with Gasteiger partial charge in [0, 0.05) is 0 Å². The maximum atomic E-state index is 12.7. The van der Waals surface area contributed by atoms with E-state index in [1.807, 2.05) is 83.3 Å². The van der Waals surface area contributed by atoms with Gasteiger partial charge in [-0.2, -0.15) is 4.98 Å². The summed E-state index contributed by atoms with van der Waals surface area (Å²) >= 11 is 1.96. The van der Waals surface area contributed by atoms with Crippen molar-refractivity contribution in [1.29, 1.82) is 0 Å². The Hall–Kier alpha value is -3.54. The highest BCUT2D eigenvalue weighted by Gasteiger charge is 2.20. The van der Waals surface area contributed by atoms with Gasteiger partial charge in [-0.05, 0) is 33.7 Å². The summed E-state index contributed by atoms with van der Waals surface area (Å²) in [6.07, 6.45) is 0.0124. The molecule has 2 heterocycles. The number of imidazole rings is 1. The van der Waals surface area contributed by atoms with Gasteiger partial charge in [-0.3, -0.25) is 10.1 Å². The van der Waals surface area contributed by atoms with Crippen LogP contribution < -0.4 is 5.32 Å². The van der Waals surface area contributed by atoms with Gasteiger partial charge in [-0.15, -0.1) is 0 Å². The Morgan fingerprint density at radius 2 is 1.65 bits per heavy atom. The van der Waals surface area contributed by atoms with E-state index in [0.717, 1.165) is 11.1 Å². The van der Waals surface area contributed by atoms with Crippen molar-refractivity contribution < 1.29 is 19.4 Å². The van der Waals surface area contributed by atoms with Crippen molar-refractivity contribution in [3.63, 3.8) is 0 Å². The number of amides is 1. The lowest BCUT2D eigenvalue weighted by atomic mass is 10.0. The molecule has 0 aliphatic rings. The minimum absolute atomic E-state index is 0.00564. The van der Waals surface area contributed by atoms with Gasteiger partial charge in [-0.1, -0.05) is 60.7 Å². The Balaban J connectivity index is 1.59. The van der Waals surface area contributed by atoms with Crippen molar-refractivity contribution in [2.45, 2.75) is 12.6 Å². The number of aliphatic carboxylic acids is 1. The number of carboxylic acids is 1. The molecule has 0 saturated heterocycles. The number of anilines is 1. The zero-order valence-corrected chi connectivity index (χ0v) is 18.1. The topological polar surface area (TPSA) is 119 Å². The molecule has 156 valence electrons. The summed E-state index contributed by atoms with van der Waals surface area (Å²) in [6, 6.07) is 18.8. The molecule has 0 fully saturated rings. The number of rotatable bonds is 6. The number of carboxylic acid groups (broad SMARTS) is 1. The second-order valence-electron chi connectivity index (χ2n) is 6.51. The predicted octanol–water partition coefficient (Wildman–Crippen LogP) is 3.85. The van der Waals surface area contributed by atoms with Crippen LogP contribution in [0.25, 0.3) is 11.2 Å². The predicted molar refractivity (Wildman–Crippen MR) is 121 cm³/mol. The number of hydrogen-bond acceptors (Lipinski definition) is 6. The summed E-state index contributed by atoms with van der Waals surface area (Å²) in [5, 5.41) is 11.6. The molecule has 31 heavy (non-hydrogen) atoms. The zero-order chi connectivity index (χ0) is 21.8. The van der Waals surface area contributed by atoms with E-state index < -0.39 is 18.2 Å². The number of hydrogen-bond donors (Lipinski definition) is 2. The second kappa shape index (κ2) is 9.08.